The highest BCUT2D eigenvalue weighted by atomic mass is 32.1. The molecule has 0 aromatic heterocycles. The van der Waals surface area contributed by atoms with Crippen LogP contribution in [0.25, 0.3) is 0 Å². The van der Waals surface area contributed by atoms with Crippen molar-refractivity contribution in [1.82, 2.24) is 0 Å². The molecule has 1 aliphatic heterocycles. The topological polar surface area (TPSA) is 49.7 Å². The average Bonchev–Trinajstić information content (AvgIpc) is 2.14. The van der Waals surface area contributed by atoms with Crippen LogP contribution in [0.5, 0.6) is 0 Å². The van der Waals surface area contributed by atoms with Crippen molar-refractivity contribution in [2.24, 2.45) is 0 Å². The van der Waals surface area contributed by atoms with E-state index < -0.39 is 18.3 Å². The lowest BCUT2D eigenvalue weighted by atomic mass is 10.1. The maximum Gasteiger partial charge on any atom is 0.111 e. The average molecular weight is 163 g/mol. The van der Waals surface area contributed by atoms with E-state index in [9.17, 15) is 5.11 Å². The third-order valence-electron chi connectivity index (χ3n) is 1.54. The molecule has 2 N–H and O–H groups in total. The van der Waals surface area contributed by atoms with Crippen LogP contribution in [0.1, 0.15) is 6.92 Å². The van der Waals surface area contributed by atoms with Gasteiger partial charge in [-0.05, 0) is 6.92 Å². The summed E-state index contributed by atoms with van der Waals surface area (Å²) < 4.78 is 4.94. The Balaban J connectivity index is 2.49. The Morgan fingerprint density at radius 1 is 1.70 bits per heavy atom. The number of hydrogen-bond donors (Lipinski definition) is 3. The minimum absolute atomic E-state index is 0.278. The molecule has 59 valence electrons. The van der Waals surface area contributed by atoms with Crippen molar-refractivity contribution in [1.29, 1.82) is 0 Å². The molecular weight excluding hydrogens is 152 g/mol. The summed E-state index contributed by atoms with van der Waals surface area (Å²) in [5, 5.41) is 18.0. The molecule has 1 radical (unpaired) electrons. The molecule has 0 amide bonds. The van der Waals surface area contributed by atoms with Crippen molar-refractivity contribution in [2.75, 3.05) is 0 Å². The lowest BCUT2D eigenvalue weighted by Gasteiger charge is -2.16. The van der Waals surface area contributed by atoms with Gasteiger partial charge < -0.3 is 14.9 Å². The second-order valence-electron chi connectivity index (χ2n) is 2.46. The Labute approximate surface area is 65.4 Å². The van der Waals surface area contributed by atoms with E-state index in [0.29, 0.717) is 0 Å². The van der Waals surface area contributed by atoms with E-state index in [4.69, 9.17) is 9.84 Å². The van der Waals surface area contributed by atoms with Crippen LogP contribution in [0.4, 0.5) is 0 Å². The lowest BCUT2D eigenvalue weighted by Crippen LogP contribution is -2.35. The first-order chi connectivity index (χ1) is 4.63. The number of aliphatic hydroxyl groups is 2. The van der Waals surface area contributed by atoms with Gasteiger partial charge in [-0.25, -0.2) is 0 Å². The van der Waals surface area contributed by atoms with Gasteiger partial charge in [-0.2, -0.15) is 12.6 Å². The molecule has 4 heteroatoms. The molecule has 0 bridgehead atoms. The summed E-state index contributed by atoms with van der Waals surface area (Å²) in [5.41, 5.74) is 0. The molecule has 1 rings (SSSR count). The largest absolute Gasteiger partial charge is 0.391 e. The van der Waals surface area contributed by atoms with Gasteiger partial charge in [0.05, 0.1) is 24.1 Å². The van der Waals surface area contributed by atoms with Gasteiger partial charge in [0.2, 0.25) is 0 Å². The molecular formula is C6H11O3S. The Bertz CT molecular complexity index is 118. The zero-order chi connectivity index (χ0) is 7.72. The fourth-order valence-corrected chi connectivity index (χ4v) is 1.17. The van der Waals surface area contributed by atoms with Gasteiger partial charge in [0, 0.05) is 0 Å². The molecule has 1 saturated heterocycles. The molecule has 0 spiro atoms. The summed E-state index contributed by atoms with van der Waals surface area (Å²) in [6, 6.07) is 0. The first-order valence-electron chi connectivity index (χ1n) is 3.16. The summed E-state index contributed by atoms with van der Waals surface area (Å²) in [5.74, 6) is 0. The van der Waals surface area contributed by atoms with E-state index in [0.717, 1.165) is 0 Å². The first kappa shape index (κ1) is 8.33. The number of aliphatic hydroxyl groups excluding tert-OH is 2. The summed E-state index contributed by atoms with van der Waals surface area (Å²) in [4.78, 5) is 0. The highest BCUT2D eigenvalue weighted by Crippen LogP contribution is 2.24. The minimum atomic E-state index is -0.691. The van der Waals surface area contributed by atoms with Crippen molar-refractivity contribution < 1.29 is 14.9 Å². The van der Waals surface area contributed by atoms with Gasteiger partial charge >= 0.3 is 0 Å². The normalized spacial score (nSPS) is 43.8. The molecule has 4 atom stereocenters. The smallest absolute Gasteiger partial charge is 0.111 e. The van der Waals surface area contributed by atoms with Crippen LogP contribution in [0.15, 0.2) is 0 Å². The molecule has 3 nitrogen and oxygen atoms in total. The van der Waals surface area contributed by atoms with E-state index >= 15 is 0 Å². The van der Waals surface area contributed by atoms with Crippen LogP contribution in [-0.2, 0) is 4.74 Å². The number of ether oxygens (including phenoxy) is 1. The molecule has 0 aromatic rings. The second kappa shape index (κ2) is 3.09. The lowest BCUT2D eigenvalue weighted by molar-refractivity contribution is -0.0256. The van der Waals surface area contributed by atoms with E-state index in [1.54, 1.807) is 6.92 Å². The molecule has 0 aliphatic carbocycles. The van der Waals surface area contributed by atoms with Crippen LogP contribution in [0, 0.1) is 6.61 Å². The van der Waals surface area contributed by atoms with Gasteiger partial charge in [-0.15, -0.1) is 0 Å². The highest BCUT2D eigenvalue weighted by molar-refractivity contribution is 7.81. The molecule has 1 unspecified atom stereocenters. The quantitative estimate of drug-likeness (QED) is 0.460. The van der Waals surface area contributed by atoms with E-state index in [1.807, 2.05) is 0 Å². The maximum atomic E-state index is 9.24. The van der Waals surface area contributed by atoms with Crippen molar-refractivity contribution in [3.05, 3.63) is 6.61 Å². The predicted molar refractivity (Wildman–Crippen MR) is 39.6 cm³/mol. The summed E-state index contributed by atoms with van der Waals surface area (Å²) in [6.45, 7) is 3.01. The number of hydrogen-bond acceptors (Lipinski definition) is 4. The van der Waals surface area contributed by atoms with Gasteiger partial charge in [-0.3, -0.25) is 0 Å². The molecule has 0 saturated carbocycles. The van der Waals surface area contributed by atoms with Crippen molar-refractivity contribution in [2.45, 2.75) is 30.5 Å². The van der Waals surface area contributed by atoms with Crippen molar-refractivity contribution in [3.63, 3.8) is 0 Å². The Morgan fingerprint density at radius 3 is 2.50 bits per heavy atom. The molecule has 1 heterocycles. The zero-order valence-corrected chi connectivity index (χ0v) is 6.53. The Kier molecular flexibility index (Phi) is 2.57. The Hall–Kier alpha value is 0.230. The summed E-state index contributed by atoms with van der Waals surface area (Å²) in [7, 11) is 0. The monoisotopic (exact) mass is 163 g/mol. The SMILES string of the molecule is CC(O)[C@H]1O[CH][C@H](S)[C@@H]1O. The predicted octanol–water partition coefficient (Wildman–Crippen LogP) is -0.413. The van der Waals surface area contributed by atoms with Crippen LogP contribution in [0.2, 0.25) is 0 Å². The van der Waals surface area contributed by atoms with E-state index in [1.165, 1.54) is 6.61 Å². The summed E-state index contributed by atoms with van der Waals surface area (Å²) >= 11 is 4.00. The van der Waals surface area contributed by atoms with Gasteiger partial charge in [-0.1, -0.05) is 0 Å². The highest BCUT2D eigenvalue weighted by Gasteiger charge is 2.36. The van der Waals surface area contributed by atoms with Crippen LogP contribution in [-0.4, -0.2) is 33.8 Å². The zero-order valence-electron chi connectivity index (χ0n) is 5.64. The van der Waals surface area contributed by atoms with Crippen LogP contribution in [0.3, 0.4) is 0 Å². The fraction of sp³-hybridized carbons (Fsp3) is 0.833. The third-order valence-corrected chi connectivity index (χ3v) is 1.96. The van der Waals surface area contributed by atoms with Crippen LogP contribution >= 0.6 is 12.6 Å². The molecule has 10 heavy (non-hydrogen) atoms. The third kappa shape index (κ3) is 1.45. The molecule has 1 fully saturated rings. The van der Waals surface area contributed by atoms with Gasteiger partial charge in [0.25, 0.3) is 0 Å². The van der Waals surface area contributed by atoms with Gasteiger partial charge in [0.1, 0.15) is 6.10 Å². The molecule has 1 aliphatic rings. The van der Waals surface area contributed by atoms with Crippen LogP contribution < -0.4 is 0 Å². The summed E-state index contributed by atoms with van der Waals surface area (Å²) in [6.07, 6.45) is -1.85. The van der Waals surface area contributed by atoms with E-state index in [2.05, 4.69) is 12.6 Å². The van der Waals surface area contributed by atoms with Gasteiger partial charge in [0.15, 0.2) is 0 Å². The second-order valence-corrected chi connectivity index (χ2v) is 3.05. The molecule has 0 aromatic carbocycles. The Morgan fingerprint density at radius 2 is 2.30 bits per heavy atom. The standard InChI is InChI=1S/C6H11O3S/c1-3(7)6-5(8)4(10)2-9-6/h2-8,10H,1H3/t3?,4-,5-,6+/m0/s1. The first-order valence-corrected chi connectivity index (χ1v) is 3.67. The minimum Gasteiger partial charge on any atom is -0.391 e. The number of rotatable bonds is 1. The van der Waals surface area contributed by atoms with E-state index in [-0.39, 0.29) is 5.25 Å². The number of thiol groups is 1. The van der Waals surface area contributed by atoms with Crippen molar-refractivity contribution >= 4 is 12.6 Å². The van der Waals surface area contributed by atoms with Crippen molar-refractivity contribution in [3.8, 4) is 0 Å². The maximum absolute atomic E-state index is 9.24. The fourth-order valence-electron chi connectivity index (χ4n) is 0.926.